The number of rotatable bonds is 2. The first kappa shape index (κ1) is 8.43. The molecule has 70 valence electrons. The molecule has 5 heteroatoms. The van der Waals surface area contributed by atoms with Crippen LogP contribution in [0.15, 0.2) is 41.1 Å². The fourth-order valence-electron chi connectivity index (χ4n) is 1.06. The maximum atomic E-state index is 10.3. The minimum atomic E-state index is -0.487. The van der Waals surface area contributed by atoms with Gasteiger partial charge >= 0.3 is 0 Å². The summed E-state index contributed by atoms with van der Waals surface area (Å²) in [5.74, 6) is 0.597. The van der Waals surface area contributed by atoms with E-state index in [1.807, 2.05) is 0 Å². The van der Waals surface area contributed by atoms with E-state index in [1.165, 1.54) is 18.5 Å². The van der Waals surface area contributed by atoms with Crippen LogP contribution in [0.5, 0.6) is 0 Å². The number of aromatic nitrogens is 1. The number of hydrogen-bond donors (Lipinski definition) is 0. The van der Waals surface area contributed by atoms with E-state index in [-0.39, 0.29) is 5.69 Å². The second-order valence-corrected chi connectivity index (χ2v) is 2.64. The third-order valence-electron chi connectivity index (χ3n) is 1.73. The highest BCUT2D eigenvalue weighted by atomic mass is 16.6. The third kappa shape index (κ3) is 1.47. The summed E-state index contributed by atoms with van der Waals surface area (Å²) in [5, 5.41) is 10.3. The van der Waals surface area contributed by atoms with Gasteiger partial charge in [0.2, 0.25) is 0 Å². The molecule has 0 aliphatic rings. The molecule has 0 atom stereocenters. The van der Waals surface area contributed by atoms with Crippen molar-refractivity contribution in [2.75, 3.05) is 0 Å². The first-order valence-corrected chi connectivity index (χ1v) is 3.92. The Labute approximate surface area is 79.2 Å². The molecule has 0 N–H and O–H groups in total. The van der Waals surface area contributed by atoms with Gasteiger partial charge in [-0.2, -0.15) is 0 Å². The Morgan fingerprint density at radius 3 is 2.71 bits per heavy atom. The molecule has 2 aromatic heterocycles. The van der Waals surface area contributed by atoms with Crippen LogP contribution in [0.3, 0.4) is 0 Å². The molecule has 0 bridgehead atoms. The van der Waals surface area contributed by atoms with E-state index in [2.05, 4.69) is 4.98 Å². The molecule has 0 radical (unpaired) electrons. The number of pyridine rings is 1. The normalized spacial score (nSPS) is 10.0. The van der Waals surface area contributed by atoms with Gasteiger partial charge in [0.1, 0.15) is 11.9 Å². The lowest BCUT2D eigenvalue weighted by molar-refractivity contribution is -0.385. The zero-order valence-corrected chi connectivity index (χ0v) is 7.08. The minimum absolute atomic E-state index is 0.0275. The highest BCUT2D eigenvalue weighted by Gasteiger charge is 2.07. The van der Waals surface area contributed by atoms with Crippen LogP contribution >= 0.6 is 0 Å². The van der Waals surface area contributed by atoms with Crippen molar-refractivity contribution in [3.05, 3.63) is 46.8 Å². The van der Waals surface area contributed by atoms with Crippen molar-refractivity contribution in [3.63, 3.8) is 0 Å². The molecule has 5 nitrogen and oxygen atoms in total. The van der Waals surface area contributed by atoms with Crippen LogP contribution in [-0.4, -0.2) is 9.91 Å². The topological polar surface area (TPSA) is 69.2 Å². The summed E-state index contributed by atoms with van der Waals surface area (Å²) < 4.78 is 5.09. The van der Waals surface area contributed by atoms with Crippen LogP contribution in [0, 0.1) is 10.1 Å². The molecule has 2 aromatic rings. The smallest absolute Gasteiger partial charge is 0.287 e. The Balaban J connectivity index is 2.36. The second-order valence-electron chi connectivity index (χ2n) is 2.64. The number of nitro groups is 1. The van der Waals surface area contributed by atoms with Crippen molar-refractivity contribution in [3.8, 4) is 11.5 Å². The molecular weight excluding hydrogens is 184 g/mol. The van der Waals surface area contributed by atoms with Gasteiger partial charge in [-0.15, -0.1) is 0 Å². The van der Waals surface area contributed by atoms with Crippen molar-refractivity contribution < 1.29 is 9.34 Å². The zero-order chi connectivity index (χ0) is 9.97. The fourth-order valence-corrected chi connectivity index (χ4v) is 1.06. The lowest BCUT2D eigenvalue weighted by atomic mass is 10.3. The van der Waals surface area contributed by atoms with Gasteiger partial charge in [0, 0.05) is 6.07 Å². The van der Waals surface area contributed by atoms with Gasteiger partial charge in [0.05, 0.1) is 11.2 Å². The van der Waals surface area contributed by atoms with Gasteiger partial charge in [0.15, 0.2) is 5.76 Å². The van der Waals surface area contributed by atoms with E-state index in [1.54, 1.807) is 18.2 Å². The molecule has 2 heterocycles. The molecule has 0 spiro atoms. The first-order valence-electron chi connectivity index (χ1n) is 3.92. The Hall–Kier alpha value is -2.17. The largest absolute Gasteiger partial charge is 0.463 e. The van der Waals surface area contributed by atoms with E-state index < -0.39 is 4.92 Å². The molecule has 14 heavy (non-hydrogen) atoms. The monoisotopic (exact) mass is 190 g/mol. The van der Waals surface area contributed by atoms with Crippen LogP contribution in [0.1, 0.15) is 0 Å². The van der Waals surface area contributed by atoms with Crippen LogP contribution < -0.4 is 0 Å². The van der Waals surface area contributed by atoms with E-state index in [0.717, 1.165) is 0 Å². The van der Waals surface area contributed by atoms with Crippen molar-refractivity contribution in [2.24, 2.45) is 0 Å². The summed E-state index contributed by atoms with van der Waals surface area (Å²) in [4.78, 5) is 13.8. The molecular formula is C9H6N2O3. The third-order valence-corrected chi connectivity index (χ3v) is 1.73. The van der Waals surface area contributed by atoms with Crippen LogP contribution in [0.25, 0.3) is 11.5 Å². The fraction of sp³-hybridized carbons (Fsp3) is 0. The molecule has 0 unspecified atom stereocenters. The standard InChI is InChI=1S/C9H6N2O3/c12-11(13)7-3-4-8(10-6-7)9-2-1-5-14-9/h1-6H. The van der Waals surface area contributed by atoms with Gasteiger partial charge in [-0.05, 0) is 18.2 Å². The van der Waals surface area contributed by atoms with E-state index in [4.69, 9.17) is 4.42 Å². The summed E-state index contributed by atoms with van der Waals surface area (Å²) in [6, 6.07) is 6.43. The molecule has 0 saturated carbocycles. The summed E-state index contributed by atoms with van der Waals surface area (Å²) >= 11 is 0. The average Bonchev–Trinajstić information content (AvgIpc) is 2.71. The molecule has 0 aliphatic carbocycles. The second kappa shape index (κ2) is 3.29. The predicted molar refractivity (Wildman–Crippen MR) is 48.6 cm³/mol. The average molecular weight is 190 g/mol. The van der Waals surface area contributed by atoms with Gasteiger partial charge < -0.3 is 4.42 Å². The molecule has 2 rings (SSSR count). The van der Waals surface area contributed by atoms with Crippen LogP contribution in [0.2, 0.25) is 0 Å². The maximum Gasteiger partial charge on any atom is 0.287 e. The molecule has 0 amide bonds. The maximum absolute atomic E-state index is 10.3. The Morgan fingerprint density at radius 2 is 2.21 bits per heavy atom. The van der Waals surface area contributed by atoms with Crippen LogP contribution in [-0.2, 0) is 0 Å². The molecule has 0 fully saturated rings. The number of hydrogen-bond acceptors (Lipinski definition) is 4. The summed E-state index contributed by atoms with van der Waals surface area (Å²) in [5.41, 5.74) is 0.556. The van der Waals surface area contributed by atoms with Gasteiger partial charge in [-0.3, -0.25) is 10.1 Å². The lowest BCUT2D eigenvalue weighted by Gasteiger charge is -1.94. The summed E-state index contributed by atoms with van der Waals surface area (Å²) in [7, 11) is 0. The Kier molecular flexibility index (Phi) is 1.98. The van der Waals surface area contributed by atoms with Gasteiger partial charge in [-0.1, -0.05) is 0 Å². The molecule has 0 aliphatic heterocycles. The quantitative estimate of drug-likeness (QED) is 0.537. The minimum Gasteiger partial charge on any atom is -0.463 e. The first-order chi connectivity index (χ1) is 6.77. The highest BCUT2D eigenvalue weighted by Crippen LogP contribution is 2.19. The van der Waals surface area contributed by atoms with E-state index in [9.17, 15) is 10.1 Å². The van der Waals surface area contributed by atoms with Crippen molar-refractivity contribution in [1.29, 1.82) is 0 Å². The van der Waals surface area contributed by atoms with Gasteiger partial charge in [-0.25, -0.2) is 4.98 Å². The summed E-state index contributed by atoms with van der Waals surface area (Å²) in [6.07, 6.45) is 2.73. The van der Waals surface area contributed by atoms with Crippen LogP contribution in [0.4, 0.5) is 5.69 Å². The van der Waals surface area contributed by atoms with Crippen molar-refractivity contribution in [1.82, 2.24) is 4.98 Å². The predicted octanol–water partition coefficient (Wildman–Crippen LogP) is 2.25. The zero-order valence-electron chi connectivity index (χ0n) is 7.08. The van der Waals surface area contributed by atoms with E-state index in [0.29, 0.717) is 11.5 Å². The molecule has 0 aromatic carbocycles. The lowest BCUT2D eigenvalue weighted by Crippen LogP contribution is -1.89. The number of nitrogens with zero attached hydrogens (tertiary/aromatic N) is 2. The van der Waals surface area contributed by atoms with Crippen molar-refractivity contribution in [2.45, 2.75) is 0 Å². The highest BCUT2D eigenvalue weighted by molar-refractivity contribution is 5.52. The van der Waals surface area contributed by atoms with Crippen molar-refractivity contribution >= 4 is 5.69 Å². The number of furan rings is 1. The SMILES string of the molecule is O=[N+]([O-])c1ccc(-c2ccco2)nc1. The Bertz CT molecular complexity index is 434. The van der Waals surface area contributed by atoms with Gasteiger partial charge in [0.25, 0.3) is 5.69 Å². The van der Waals surface area contributed by atoms with E-state index >= 15 is 0 Å². The molecule has 0 saturated heterocycles. The summed E-state index contributed by atoms with van der Waals surface area (Å²) in [6.45, 7) is 0. The Morgan fingerprint density at radius 1 is 1.36 bits per heavy atom.